The van der Waals surface area contributed by atoms with E-state index in [9.17, 15) is 0 Å². The monoisotopic (exact) mass is 338 g/mol. The van der Waals surface area contributed by atoms with Crippen LogP contribution in [0.1, 0.15) is 38.7 Å². The molecule has 1 aliphatic rings. The number of hydrogen-bond donors (Lipinski definition) is 1. The van der Waals surface area contributed by atoms with E-state index in [1.54, 1.807) is 0 Å². The third kappa shape index (κ3) is 4.29. The van der Waals surface area contributed by atoms with Crippen LogP contribution < -0.4 is 5.32 Å². The van der Waals surface area contributed by atoms with Crippen molar-refractivity contribution < 1.29 is 0 Å². The lowest BCUT2D eigenvalue weighted by Crippen LogP contribution is -2.34. The van der Waals surface area contributed by atoms with E-state index in [0.29, 0.717) is 0 Å². The summed E-state index contributed by atoms with van der Waals surface area (Å²) in [6.07, 6.45) is 9.21. The Hall–Kier alpha value is -0.410. The van der Waals surface area contributed by atoms with E-state index >= 15 is 0 Å². The molecule has 112 valence electrons. The summed E-state index contributed by atoms with van der Waals surface area (Å²) < 4.78 is 1.09. The fraction of sp³-hybridized carbons (Fsp3) is 0.706. The number of hydrogen-bond acceptors (Lipinski definition) is 2. The Morgan fingerprint density at radius 3 is 2.75 bits per heavy atom. The summed E-state index contributed by atoms with van der Waals surface area (Å²) in [6.45, 7) is 5.90. The zero-order valence-electron chi connectivity index (χ0n) is 12.9. The third-order valence-electron chi connectivity index (χ3n) is 4.85. The Morgan fingerprint density at radius 2 is 2.10 bits per heavy atom. The van der Waals surface area contributed by atoms with Gasteiger partial charge in [0.2, 0.25) is 0 Å². The van der Waals surface area contributed by atoms with E-state index in [2.05, 4.69) is 53.2 Å². The highest BCUT2D eigenvalue weighted by molar-refractivity contribution is 9.10. The van der Waals surface area contributed by atoms with Crippen LogP contribution in [0.5, 0.6) is 0 Å². The van der Waals surface area contributed by atoms with Gasteiger partial charge in [0.25, 0.3) is 0 Å². The van der Waals surface area contributed by atoms with Gasteiger partial charge in [0, 0.05) is 16.9 Å². The van der Waals surface area contributed by atoms with Crippen molar-refractivity contribution in [2.24, 2.45) is 23.7 Å². The summed E-state index contributed by atoms with van der Waals surface area (Å²) >= 11 is 3.53. The van der Waals surface area contributed by atoms with Crippen LogP contribution in [-0.4, -0.2) is 18.6 Å². The number of nitrogens with zero attached hydrogens (tertiary/aromatic N) is 1. The molecule has 2 rings (SSSR count). The van der Waals surface area contributed by atoms with Crippen LogP contribution in [0.3, 0.4) is 0 Å². The quantitative estimate of drug-likeness (QED) is 0.865. The van der Waals surface area contributed by atoms with Crippen LogP contribution in [0.25, 0.3) is 0 Å². The highest BCUT2D eigenvalue weighted by Gasteiger charge is 2.31. The second-order valence-electron chi connectivity index (χ2n) is 6.61. The zero-order valence-corrected chi connectivity index (χ0v) is 14.5. The molecule has 0 saturated heterocycles. The Balaban J connectivity index is 2.06. The number of aromatic nitrogens is 1. The molecular weight excluding hydrogens is 312 g/mol. The molecular formula is C17H27BrN2. The Morgan fingerprint density at radius 1 is 1.30 bits per heavy atom. The topological polar surface area (TPSA) is 24.9 Å². The summed E-state index contributed by atoms with van der Waals surface area (Å²) in [5.74, 6) is 3.32. The predicted octanol–water partition coefficient (Wildman–Crippen LogP) is 4.29. The van der Waals surface area contributed by atoms with Gasteiger partial charge in [-0.2, -0.15) is 0 Å². The summed E-state index contributed by atoms with van der Waals surface area (Å²) in [7, 11) is 2.08. The van der Waals surface area contributed by atoms with Gasteiger partial charge in [-0.25, -0.2) is 0 Å². The minimum absolute atomic E-state index is 0.791. The van der Waals surface area contributed by atoms with E-state index in [-0.39, 0.29) is 0 Å². The molecule has 0 bridgehead atoms. The lowest BCUT2D eigenvalue weighted by molar-refractivity contribution is 0.146. The lowest BCUT2D eigenvalue weighted by atomic mass is 9.69. The first-order valence-corrected chi connectivity index (χ1v) is 8.63. The van der Waals surface area contributed by atoms with E-state index in [1.807, 2.05) is 12.4 Å². The average molecular weight is 339 g/mol. The van der Waals surface area contributed by atoms with Gasteiger partial charge >= 0.3 is 0 Å². The van der Waals surface area contributed by atoms with E-state index in [0.717, 1.165) is 34.7 Å². The van der Waals surface area contributed by atoms with Crippen molar-refractivity contribution in [2.75, 3.05) is 13.6 Å². The van der Waals surface area contributed by atoms with Gasteiger partial charge in [-0.3, -0.25) is 4.98 Å². The van der Waals surface area contributed by atoms with Crippen molar-refractivity contribution in [3.63, 3.8) is 0 Å². The van der Waals surface area contributed by atoms with Crippen molar-refractivity contribution in [2.45, 2.75) is 39.5 Å². The van der Waals surface area contributed by atoms with Crippen LogP contribution in [0, 0.1) is 23.7 Å². The highest BCUT2D eigenvalue weighted by atomic mass is 79.9. The molecule has 20 heavy (non-hydrogen) atoms. The molecule has 1 aliphatic carbocycles. The third-order valence-corrected chi connectivity index (χ3v) is 5.28. The van der Waals surface area contributed by atoms with Gasteiger partial charge in [0.1, 0.15) is 0 Å². The molecule has 0 amide bonds. The summed E-state index contributed by atoms with van der Waals surface area (Å²) in [6, 6.07) is 2.22. The largest absolute Gasteiger partial charge is 0.319 e. The molecule has 3 heteroatoms. The first-order chi connectivity index (χ1) is 9.60. The van der Waals surface area contributed by atoms with Crippen LogP contribution in [-0.2, 0) is 6.42 Å². The maximum Gasteiger partial charge on any atom is 0.0410 e. The molecule has 2 nitrogen and oxygen atoms in total. The maximum absolute atomic E-state index is 4.31. The average Bonchev–Trinajstić information content (AvgIpc) is 2.41. The number of halogens is 1. The molecule has 1 heterocycles. The Labute approximate surface area is 131 Å². The van der Waals surface area contributed by atoms with E-state index in [1.165, 1.54) is 31.2 Å². The molecule has 3 atom stereocenters. The van der Waals surface area contributed by atoms with Gasteiger partial charge in [-0.15, -0.1) is 0 Å². The molecule has 0 aromatic carbocycles. The van der Waals surface area contributed by atoms with Crippen LogP contribution in [0.4, 0.5) is 0 Å². The minimum Gasteiger partial charge on any atom is -0.319 e. The first-order valence-electron chi connectivity index (χ1n) is 7.84. The van der Waals surface area contributed by atoms with Gasteiger partial charge in [-0.05, 0) is 90.5 Å². The lowest BCUT2D eigenvalue weighted by Gasteiger charge is -2.38. The first kappa shape index (κ1) is 16.0. The smallest absolute Gasteiger partial charge is 0.0410 e. The highest BCUT2D eigenvalue weighted by Crippen LogP contribution is 2.39. The Bertz CT molecular complexity index is 419. The molecule has 3 unspecified atom stereocenters. The summed E-state index contributed by atoms with van der Waals surface area (Å²) in [4.78, 5) is 4.31. The number of pyridine rings is 1. The summed E-state index contributed by atoms with van der Waals surface area (Å²) in [5, 5.41) is 3.38. The molecule has 1 N–H and O–H groups in total. The minimum atomic E-state index is 0.791. The van der Waals surface area contributed by atoms with Crippen molar-refractivity contribution in [1.29, 1.82) is 0 Å². The van der Waals surface area contributed by atoms with Crippen LogP contribution in [0.15, 0.2) is 22.9 Å². The standard InChI is InChI=1S/C17H27BrN2/c1-12(2)14-4-5-15(10-19-3)16(8-14)6-13-7-17(18)11-20-9-13/h7,9,11-12,14-16,19H,4-6,8,10H2,1-3H3. The van der Waals surface area contributed by atoms with Crippen molar-refractivity contribution >= 4 is 15.9 Å². The van der Waals surface area contributed by atoms with Gasteiger partial charge in [0.15, 0.2) is 0 Å². The number of nitrogens with one attached hydrogen (secondary N) is 1. The fourth-order valence-corrected chi connectivity index (χ4v) is 4.03. The van der Waals surface area contributed by atoms with Gasteiger partial charge < -0.3 is 5.32 Å². The maximum atomic E-state index is 4.31. The van der Waals surface area contributed by atoms with Crippen molar-refractivity contribution in [3.8, 4) is 0 Å². The van der Waals surface area contributed by atoms with Crippen LogP contribution >= 0.6 is 15.9 Å². The van der Waals surface area contributed by atoms with Crippen molar-refractivity contribution in [1.82, 2.24) is 10.3 Å². The molecule has 0 spiro atoms. The van der Waals surface area contributed by atoms with Crippen LogP contribution in [0.2, 0.25) is 0 Å². The summed E-state index contributed by atoms with van der Waals surface area (Å²) in [5.41, 5.74) is 1.37. The Kier molecular flexibility index (Phi) is 6.03. The SMILES string of the molecule is CNCC1CCC(C(C)C)CC1Cc1cncc(Br)c1. The van der Waals surface area contributed by atoms with Crippen molar-refractivity contribution in [3.05, 3.63) is 28.5 Å². The van der Waals surface area contributed by atoms with Gasteiger partial charge in [0.05, 0.1) is 0 Å². The zero-order chi connectivity index (χ0) is 14.5. The molecule has 0 radical (unpaired) electrons. The van der Waals surface area contributed by atoms with Gasteiger partial charge in [-0.1, -0.05) is 13.8 Å². The fourth-order valence-electron chi connectivity index (χ4n) is 3.62. The second-order valence-corrected chi connectivity index (χ2v) is 7.53. The molecule has 1 aromatic rings. The predicted molar refractivity (Wildman–Crippen MR) is 88.7 cm³/mol. The second kappa shape index (κ2) is 7.56. The van der Waals surface area contributed by atoms with E-state index in [4.69, 9.17) is 0 Å². The molecule has 1 saturated carbocycles. The number of rotatable bonds is 5. The van der Waals surface area contributed by atoms with E-state index < -0.39 is 0 Å². The molecule has 1 aromatic heterocycles. The molecule has 1 fully saturated rings. The normalized spacial score (nSPS) is 26.9. The molecule has 0 aliphatic heterocycles.